The van der Waals surface area contributed by atoms with Crippen molar-refractivity contribution < 1.29 is 0 Å². The fourth-order valence-electron chi connectivity index (χ4n) is 2.54. The van der Waals surface area contributed by atoms with Crippen LogP contribution in [0.4, 0.5) is 0 Å². The van der Waals surface area contributed by atoms with E-state index in [0.29, 0.717) is 0 Å². The average molecular weight is 168 g/mol. The Morgan fingerprint density at radius 1 is 1.00 bits per heavy atom. The maximum atomic E-state index is 2.69. The smallest absolute Gasteiger partial charge is 0.0223 e. The van der Waals surface area contributed by atoms with E-state index in [0.717, 1.165) is 6.04 Å². The van der Waals surface area contributed by atoms with Gasteiger partial charge in [-0.15, -0.1) is 0 Å². The zero-order chi connectivity index (χ0) is 8.39. The minimum absolute atomic E-state index is 0.881. The molecule has 0 aromatic rings. The molecule has 70 valence electrons. The maximum Gasteiger partial charge on any atom is 0.0223 e. The fraction of sp³-hybridized carbons (Fsp3) is 1.00. The predicted molar refractivity (Wildman–Crippen MR) is 51.3 cm³/mol. The topological polar surface area (TPSA) is 6.48 Å². The van der Waals surface area contributed by atoms with Gasteiger partial charge in [-0.3, -0.25) is 4.90 Å². The third-order valence-electron chi connectivity index (χ3n) is 3.26. The summed E-state index contributed by atoms with van der Waals surface area (Å²) in [4.78, 5) is 5.17. The lowest BCUT2D eigenvalue weighted by molar-refractivity contribution is 0.134. The number of nitrogens with zero attached hydrogens (tertiary/aromatic N) is 2. The molecule has 0 saturated carbocycles. The molecule has 2 saturated heterocycles. The van der Waals surface area contributed by atoms with E-state index in [2.05, 4.69) is 16.8 Å². The number of hydrogen-bond acceptors (Lipinski definition) is 2. The molecule has 2 nitrogen and oxygen atoms in total. The van der Waals surface area contributed by atoms with Gasteiger partial charge in [-0.2, -0.15) is 0 Å². The molecule has 12 heavy (non-hydrogen) atoms. The molecule has 0 bridgehead atoms. The summed E-state index contributed by atoms with van der Waals surface area (Å²) in [6.45, 7) is 5.33. The first-order valence-electron chi connectivity index (χ1n) is 5.29. The Balaban J connectivity index is 1.85. The number of rotatable bonds is 1. The first kappa shape index (κ1) is 8.52. The molecular formula is C10H20N2. The van der Waals surface area contributed by atoms with Crippen molar-refractivity contribution in [3.8, 4) is 0 Å². The molecule has 2 aliphatic rings. The van der Waals surface area contributed by atoms with Crippen molar-refractivity contribution >= 4 is 0 Å². The molecule has 0 spiro atoms. The van der Waals surface area contributed by atoms with Crippen LogP contribution >= 0.6 is 0 Å². The molecular weight excluding hydrogens is 148 g/mol. The number of piperidine rings is 1. The Morgan fingerprint density at radius 3 is 2.42 bits per heavy atom. The Kier molecular flexibility index (Phi) is 2.66. The highest BCUT2D eigenvalue weighted by Gasteiger charge is 2.25. The number of hydrogen-bond donors (Lipinski definition) is 0. The average Bonchev–Trinajstić information content (AvgIpc) is 2.56. The first-order chi connectivity index (χ1) is 5.86. The summed E-state index contributed by atoms with van der Waals surface area (Å²) in [5.74, 6) is 0. The molecule has 0 N–H and O–H groups in total. The Bertz CT molecular complexity index is 141. The number of likely N-dealkylation sites (N-methyl/N-ethyl adjacent to an activating group) is 1. The lowest BCUT2D eigenvalue weighted by Gasteiger charge is -2.35. The molecule has 1 atom stereocenters. The SMILES string of the molecule is CN1CCCC(N2CCCC2)C1. The number of likely N-dealkylation sites (tertiary alicyclic amines) is 2. The summed E-state index contributed by atoms with van der Waals surface area (Å²) in [7, 11) is 2.25. The van der Waals surface area contributed by atoms with Gasteiger partial charge in [-0.05, 0) is 52.4 Å². The standard InChI is InChI=1S/C10H20N2/c1-11-6-4-5-10(9-11)12-7-2-3-8-12/h10H,2-9H2,1H3. The molecule has 2 fully saturated rings. The Morgan fingerprint density at radius 2 is 1.75 bits per heavy atom. The van der Waals surface area contributed by atoms with Gasteiger partial charge in [0.25, 0.3) is 0 Å². The van der Waals surface area contributed by atoms with Crippen LogP contribution in [-0.2, 0) is 0 Å². The van der Waals surface area contributed by atoms with Gasteiger partial charge in [-0.25, -0.2) is 0 Å². The van der Waals surface area contributed by atoms with Crippen LogP contribution in [0.15, 0.2) is 0 Å². The van der Waals surface area contributed by atoms with Gasteiger partial charge in [0.2, 0.25) is 0 Å². The zero-order valence-electron chi connectivity index (χ0n) is 8.13. The van der Waals surface area contributed by atoms with Crippen LogP contribution < -0.4 is 0 Å². The van der Waals surface area contributed by atoms with Crippen LogP contribution in [-0.4, -0.2) is 49.1 Å². The molecule has 0 aromatic carbocycles. The van der Waals surface area contributed by atoms with Gasteiger partial charge in [0, 0.05) is 12.6 Å². The molecule has 0 amide bonds. The van der Waals surface area contributed by atoms with E-state index in [9.17, 15) is 0 Å². The second kappa shape index (κ2) is 3.75. The third kappa shape index (κ3) is 1.80. The van der Waals surface area contributed by atoms with Crippen LogP contribution in [0.5, 0.6) is 0 Å². The molecule has 2 heterocycles. The molecule has 2 aliphatic heterocycles. The van der Waals surface area contributed by atoms with Gasteiger partial charge in [-0.1, -0.05) is 0 Å². The first-order valence-corrected chi connectivity index (χ1v) is 5.29. The molecule has 1 unspecified atom stereocenters. The van der Waals surface area contributed by atoms with E-state index in [1.54, 1.807) is 0 Å². The normalized spacial score (nSPS) is 34.2. The van der Waals surface area contributed by atoms with Crippen LogP contribution in [0.2, 0.25) is 0 Å². The van der Waals surface area contributed by atoms with Crippen LogP contribution in [0.1, 0.15) is 25.7 Å². The van der Waals surface area contributed by atoms with Gasteiger partial charge in [0.15, 0.2) is 0 Å². The van der Waals surface area contributed by atoms with Crippen molar-refractivity contribution in [3.05, 3.63) is 0 Å². The molecule has 0 aromatic heterocycles. The van der Waals surface area contributed by atoms with Crippen molar-refractivity contribution in [3.63, 3.8) is 0 Å². The van der Waals surface area contributed by atoms with Gasteiger partial charge in [0.1, 0.15) is 0 Å². The van der Waals surface area contributed by atoms with E-state index in [-0.39, 0.29) is 0 Å². The van der Waals surface area contributed by atoms with Crippen molar-refractivity contribution in [1.29, 1.82) is 0 Å². The highest BCUT2D eigenvalue weighted by Crippen LogP contribution is 2.19. The van der Waals surface area contributed by atoms with Gasteiger partial charge < -0.3 is 4.90 Å². The minimum atomic E-state index is 0.881. The maximum absolute atomic E-state index is 2.69. The molecule has 0 aliphatic carbocycles. The third-order valence-corrected chi connectivity index (χ3v) is 3.26. The lowest BCUT2D eigenvalue weighted by Crippen LogP contribution is -2.45. The minimum Gasteiger partial charge on any atom is -0.305 e. The van der Waals surface area contributed by atoms with E-state index in [4.69, 9.17) is 0 Å². The predicted octanol–water partition coefficient (Wildman–Crippen LogP) is 1.18. The van der Waals surface area contributed by atoms with Crippen molar-refractivity contribution in [1.82, 2.24) is 9.80 Å². The summed E-state index contributed by atoms with van der Waals surface area (Å²) >= 11 is 0. The van der Waals surface area contributed by atoms with Crippen LogP contribution in [0, 0.1) is 0 Å². The summed E-state index contributed by atoms with van der Waals surface area (Å²) in [5, 5.41) is 0. The summed E-state index contributed by atoms with van der Waals surface area (Å²) in [6, 6.07) is 0.881. The van der Waals surface area contributed by atoms with Gasteiger partial charge in [0.05, 0.1) is 0 Å². The highest BCUT2D eigenvalue weighted by atomic mass is 15.2. The Labute approximate surface area is 75.5 Å². The summed E-state index contributed by atoms with van der Waals surface area (Å²) in [5.41, 5.74) is 0. The zero-order valence-corrected chi connectivity index (χ0v) is 8.13. The van der Waals surface area contributed by atoms with Crippen molar-refractivity contribution in [2.24, 2.45) is 0 Å². The largest absolute Gasteiger partial charge is 0.305 e. The summed E-state index contributed by atoms with van der Waals surface area (Å²) in [6.07, 6.45) is 5.70. The monoisotopic (exact) mass is 168 g/mol. The van der Waals surface area contributed by atoms with E-state index < -0.39 is 0 Å². The molecule has 0 radical (unpaired) electrons. The second-order valence-corrected chi connectivity index (χ2v) is 4.30. The van der Waals surface area contributed by atoms with Gasteiger partial charge >= 0.3 is 0 Å². The molecule has 2 rings (SSSR count). The van der Waals surface area contributed by atoms with Crippen LogP contribution in [0.25, 0.3) is 0 Å². The second-order valence-electron chi connectivity index (χ2n) is 4.30. The highest BCUT2D eigenvalue weighted by molar-refractivity contribution is 4.81. The van der Waals surface area contributed by atoms with Crippen molar-refractivity contribution in [2.45, 2.75) is 31.7 Å². The fourth-order valence-corrected chi connectivity index (χ4v) is 2.54. The molecule has 2 heteroatoms. The van der Waals surface area contributed by atoms with Crippen molar-refractivity contribution in [2.75, 3.05) is 33.2 Å². The quantitative estimate of drug-likeness (QED) is 0.580. The van der Waals surface area contributed by atoms with E-state index in [1.165, 1.54) is 51.9 Å². The van der Waals surface area contributed by atoms with E-state index >= 15 is 0 Å². The lowest BCUT2D eigenvalue weighted by atomic mass is 10.1. The van der Waals surface area contributed by atoms with E-state index in [1.807, 2.05) is 0 Å². The van der Waals surface area contributed by atoms with Crippen LogP contribution in [0.3, 0.4) is 0 Å². The summed E-state index contributed by atoms with van der Waals surface area (Å²) < 4.78 is 0. The Hall–Kier alpha value is -0.0800.